The number of nitrogens with one attached hydrogen (secondary N) is 2. The molecular formula is C26H28N6. The number of hydrogen-bond donors (Lipinski definition) is 2. The van der Waals surface area contributed by atoms with Gasteiger partial charge >= 0.3 is 0 Å². The summed E-state index contributed by atoms with van der Waals surface area (Å²) in [6.07, 6.45) is 10.3. The number of allylic oxidation sites excluding steroid dienone is 1. The Labute approximate surface area is 188 Å². The molecule has 4 aromatic rings. The zero-order valence-electron chi connectivity index (χ0n) is 18.4. The molecule has 1 aliphatic rings. The summed E-state index contributed by atoms with van der Waals surface area (Å²) in [5.74, 6) is 1.36. The van der Waals surface area contributed by atoms with Crippen molar-refractivity contribution in [3.8, 4) is 5.69 Å². The second kappa shape index (κ2) is 9.22. The number of aryl methyl sites for hydroxylation is 1. The Morgan fingerprint density at radius 1 is 1.00 bits per heavy atom. The lowest BCUT2D eigenvalue weighted by Gasteiger charge is -2.14. The quantitative estimate of drug-likeness (QED) is 0.347. The van der Waals surface area contributed by atoms with Gasteiger partial charge < -0.3 is 10.6 Å². The SMILES string of the molecule is Cc1cccc(Nc2nc(NCCC3=CCCCC3)nc3c2cnn3-c2ccccc2)c1. The van der Waals surface area contributed by atoms with Gasteiger partial charge in [-0.2, -0.15) is 15.1 Å². The van der Waals surface area contributed by atoms with Crippen LogP contribution in [0.15, 0.2) is 72.4 Å². The first-order valence-corrected chi connectivity index (χ1v) is 11.3. The average molecular weight is 425 g/mol. The van der Waals surface area contributed by atoms with Crippen LogP contribution in [0.3, 0.4) is 0 Å². The zero-order chi connectivity index (χ0) is 21.8. The van der Waals surface area contributed by atoms with E-state index in [0.717, 1.165) is 41.2 Å². The smallest absolute Gasteiger partial charge is 0.226 e. The fourth-order valence-electron chi connectivity index (χ4n) is 4.17. The predicted octanol–water partition coefficient (Wildman–Crippen LogP) is 6.17. The Bertz CT molecular complexity index is 1240. The lowest BCUT2D eigenvalue weighted by Crippen LogP contribution is -2.09. The van der Waals surface area contributed by atoms with E-state index in [0.29, 0.717) is 5.95 Å². The highest BCUT2D eigenvalue weighted by molar-refractivity contribution is 5.90. The fourth-order valence-corrected chi connectivity index (χ4v) is 4.17. The number of aromatic nitrogens is 4. The predicted molar refractivity (Wildman–Crippen MR) is 131 cm³/mol. The third-order valence-corrected chi connectivity index (χ3v) is 5.82. The van der Waals surface area contributed by atoms with E-state index >= 15 is 0 Å². The highest BCUT2D eigenvalue weighted by Gasteiger charge is 2.15. The normalized spacial score (nSPS) is 13.7. The van der Waals surface area contributed by atoms with E-state index in [-0.39, 0.29) is 0 Å². The van der Waals surface area contributed by atoms with E-state index in [1.807, 2.05) is 53.3 Å². The minimum Gasteiger partial charge on any atom is -0.354 e. The summed E-state index contributed by atoms with van der Waals surface area (Å²) in [4.78, 5) is 9.64. The Morgan fingerprint density at radius 3 is 2.72 bits per heavy atom. The number of hydrogen-bond acceptors (Lipinski definition) is 5. The summed E-state index contributed by atoms with van der Waals surface area (Å²) in [5, 5.41) is 12.4. The van der Waals surface area contributed by atoms with Crippen LogP contribution in [0, 0.1) is 6.92 Å². The molecule has 1 aliphatic carbocycles. The van der Waals surface area contributed by atoms with Crippen LogP contribution in [0.2, 0.25) is 0 Å². The maximum atomic E-state index is 4.83. The van der Waals surface area contributed by atoms with Crippen molar-refractivity contribution < 1.29 is 0 Å². The van der Waals surface area contributed by atoms with Crippen molar-refractivity contribution in [2.75, 3.05) is 17.2 Å². The summed E-state index contributed by atoms with van der Waals surface area (Å²) in [6.45, 7) is 2.90. The molecule has 0 atom stereocenters. The highest BCUT2D eigenvalue weighted by Crippen LogP contribution is 2.27. The van der Waals surface area contributed by atoms with Gasteiger partial charge in [-0.05, 0) is 68.9 Å². The molecule has 6 nitrogen and oxygen atoms in total. The fraction of sp³-hybridized carbons (Fsp3) is 0.269. The van der Waals surface area contributed by atoms with Crippen LogP contribution in [0.1, 0.15) is 37.7 Å². The van der Waals surface area contributed by atoms with Gasteiger partial charge in [0.1, 0.15) is 5.82 Å². The number of benzene rings is 2. The van der Waals surface area contributed by atoms with E-state index in [1.165, 1.54) is 36.8 Å². The topological polar surface area (TPSA) is 67.7 Å². The zero-order valence-corrected chi connectivity index (χ0v) is 18.4. The summed E-state index contributed by atoms with van der Waals surface area (Å²) >= 11 is 0. The van der Waals surface area contributed by atoms with Crippen molar-refractivity contribution in [3.05, 3.63) is 78.0 Å². The van der Waals surface area contributed by atoms with Crippen molar-refractivity contribution in [2.45, 2.75) is 39.0 Å². The van der Waals surface area contributed by atoms with E-state index in [2.05, 4.69) is 40.9 Å². The molecule has 0 fully saturated rings. The third-order valence-electron chi connectivity index (χ3n) is 5.82. The van der Waals surface area contributed by atoms with Gasteiger partial charge in [-0.1, -0.05) is 42.0 Å². The standard InChI is InChI=1S/C26H28N6/c1-19-9-8-12-21(17-19)29-24-23-18-28-32(22-13-6-3-7-14-22)25(23)31-26(30-24)27-16-15-20-10-4-2-5-11-20/h3,6-10,12-14,17-18H,2,4-5,11,15-16H2,1H3,(H2,27,29,30,31). The number of rotatable bonds is 7. The average Bonchev–Trinajstić information content (AvgIpc) is 3.25. The molecule has 6 heteroatoms. The van der Waals surface area contributed by atoms with Crippen molar-refractivity contribution in [3.63, 3.8) is 0 Å². The molecule has 2 N–H and O–H groups in total. The Hall–Kier alpha value is -3.67. The van der Waals surface area contributed by atoms with Gasteiger partial charge in [0, 0.05) is 12.2 Å². The van der Waals surface area contributed by atoms with Crippen molar-refractivity contribution in [2.24, 2.45) is 0 Å². The maximum absolute atomic E-state index is 4.83. The lowest BCUT2D eigenvalue weighted by atomic mass is 9.97. The maximum Gasteiger partial charge on any atom is 0.226 e. The van der Waals surface area contributed by atoms with Crippen molar-refractivity contribution >= 4 is 28.5 Å². The van der Waals surface area contributed by atoms with Crippen molar-refractivity contribution in [1.29, 1.82) is 0 Å². The van der Waals surface area contributed by atoms with Gasteiger partial charge in [0.15, 0.2) is 5.65 Å². The molecule has 2 aromatic heterocycles. The Kier molecular flexibility index (Phi) is 5.83. The molecule has 0 radical (unpaired) electrons. The first-order valence-electron chi connectivity index (χ1n) is 11.3. The van der Waals surface area contributed by atoms with Gasteiger partial charge in [-0.25, -0.2) is 4.68 Å². The van der Waals surface area contributed by atoms with E-state index in [1.54, 1.807) is 0 Å². The summed E-state index contributed by atoms with van der Waals surface area (Å²) < 4.78 is 1.87. The largest absolute Gasteiger partial charge is 0.354 e. The van der Waals surface area contributed by atoms with Crippen molar-refractivity contribution in [1.82, 2.24) is 19.7 Å². The molecule has 0 unspecified atom stereocenters. The highest BCUT2D eigenvalue weighted by atomic mass is 15.3. The summed E-state index contributed by atoms with van der Waals surface area (Å²) in [5.41, 5.74) is 5.48. The Balaban J connectivity index is 1.48. The number of fused-ring (bicyclic) bond motifs is 1. The minimum atomic E-state index is 0.613. The van der Waals surface area contributed by atoms with Crippen LogP contribution in [-0.2, 0) is 0 Å². The van der Waals surface area contributed by atoms with Gasteiger partial charge in [0.2, 0.25) is 5.95 Å². The molecule has 0 bridgehead atoms. The van der Waals surface area contributed by atoms with Crippen LogP contribution in [0.4, 0.5) is 17.5 Å². The lowest BCUT2D eigenvalue weighted by molar-refractivity contribution is 0.679. The van der Waals surface area contributed by atoms with Crippen LogP contribution >= 0.6 is 0 Å². The van der Waals surface area contributed by atoms with Gasteiger partial charge in [0.05, 0.1) is 17.3 Å². The monoisotopic (exact) mass is 424 g/mol. The first kappa shape index (κ1) is 20.2. The van der Waals surface area contributed by atoms with Crippen LogP contribution in [0.25, 0.3) is 16.7 Å². The molecule has 0 aliphatic heterocycles. The van der Waals surface area contributed by atoms with Crippen LogP contribution < -0.4 is 10.6 Å². The molecule has 0 amide bonds. The molecule has 0 spiro atoms. The number of anilines is 3. The molecule has 0 saturated heterocycles. The minimum absolute atomic E-state index is 0.613. The molecule has 32 heavy (non-hydrogen) atoms. The third kappa shape index (κ3) is 4.49. The molecule has 2 heterocycles. The molecule has 0 saturated carbocycles. The van der Waals surface area contributed by atoms with E-state index < -0.39 is 0 Å². The van der Waals surface area contributed by atoms with Crippen LogP contribution in [0.5, 0.6) is 0 Å². The second-order valence-corrected chi connectivity index (χ2v) is 8.30. The van der Waals surface area contributed by atoms with Crippen LogP contribution in [-0.4, -0.2) is 26.3 Å². The van der Waals surface area contributed by atoms with Gasteiger partial charge in [-0.3, -0.25) is 0 Å². The number of para-hydroxylation sites is 1. The Morgan fingerprint density at radius 2 is 1.91 bits per heavy atom. The molecule has 2 aromatic carbocycles. The summed E-state index contributed by atoms with van der Waals surface area (Å²) in [6, 6.07) is 18.4. The molecule has 162 valence electrons. The summed E-state index contributed by atoms with van der Waals surface area (Å²) in [7, 11) is 0. The molecule has 5 rings (SSSR count). The molecular weight excluding hydrogens is 396 g/mol. The van der Waals surface area contributed by atoms with E-state index in [9.17, 15) is 0 Å². The second-order valence-electron chi connectivity index (χ2n) is 8.30. The number of nitrogens with zero attached hydrogens (tertiary/aromatic N) is 4. The first-order chi connectivity index (χ1) is 15.8. The van der Waals surface area contributed by atoms with E-state index in [4.69, 9.17) is 9.97 Å². The van der Waals surface area contributed by atoms with Gasteiger partial charge in [0.25, 0.3) is 0 Å². The van der Waals surface area contributed by atoms with Gasteiger partial charge in [-0.15, -0.1) is 0 Å².